The highest BCUT2D eigenvalue weighted by atomic mass is 19.1. The van der Waals surface area contributed by atoms with Gasteiger partial charge in [-0.05, 0) is 23.3 Å². The average molecular weight is 292 g/mol. The highest BCUT2D eigenvalue weighted by molar-refractivity contribution is 5.79. The number of aromatic nitrogens is 2. The van der Waals surface area contributed by atoms with E-state index in [9.17, 15) is 4.39 Å². The zero-order chi connectivity index (χ0) is 15.2. The number of rotatable bonds is 4. The lowest BCUT2D eigenvalue weighted by molar-refractivity contribution is 0.627. The van der Waals surface area contributed by atoms with Gasteiger partial charge >= 0.3 is 0 Å². The van der Waals surface area contributed by atoms with Crippen molar-refractivity contribution in [2.45, 2.75) is 0 Å². The number of benzene rings is 2. The number of hydrazone groups is 1. The minimum Gasteiger partial charge on any atom is -0.245 e. The van der Waals surface area contributed by atoms with Gasteiger partial charge in [0.1, 0.15) is 5.82 Å². The summed E-state index contributed by atoms with van der Waals surface area (Å²) in [4.78, 5) is 8.39. The fraction of sp³-hybridized carbons (Fsp3) is 0. The lowest BCUT2D eigenvalue weighted by atomic mass is 10.1. The Morgan fingerprint density at radius 1 is 0.909 bits per heavy atom. The van der Waals surface area contributed by atoms with E-state index in [1.807, 2.05) is 30.3 Å². The van der Waals surface area contributed by atoms with E-state index in [0.717, 1.165) is 11.1 Å². The summed E-state index contributed by atoms with van der Waals surface area (Å²) in [5.74, 6) is 0.0831. The molecule has 0 unspecified atom stereocenters. The highest BCUT2D eigenvalue weighted by Gasteiger charge is 1.99. The van der Waals surface area contributed by atoms with Gasteiger partial charge < -0.3 is 0 Å². The van der Waals surface area contributed by atoms with Gasteiger partial charge in [0.2, 0.25) is 5.95 Å². The molecule has 3 aromatic rings. The molecule has 0 aliphatic heterocycles. The summed E-state index contributed by atoms with van der Waals surface area (Å²) in [7, 11) is 0. The topological polar surface area (TPSA) is 50.2 Å². The number of halogens is 1. The zero-order valence-corrected chi connectivity index (χ0v) is 11.6. The van der Waals surface area contributed by atoms with Crippen molar-refractivity contribution in [2.75, 3.05) is 5.43 Å². The van der Waals surface area contributed by atoms with Crippen LogP contribution in [0.2, 0.25) is 0 Å². The maximum absolute atomic E-state index is 13.0. The predicted octanol–water partition coefficient (Wildman–Crippen LogP) is 3.73. The molecule has 0 fully saturated rings. The monoisotopic (exact) mass is 292 g/mol. The summed E-state index contributed by atoms with van der Waals surface area (Å²) in [6.07, 6.45) is 4.96. The van der Waals surface area contributed by atoms with Crippen LogP contribution in [0.4, 0.5) is 10.3 Å². The lowest BCUT2D eigenvalue weighted by Gasteiger charge is -2.02. The molecule has 0 aliphatic carbocycles. The molecular formula is C17H13FN4. The van der Waals surface area contributed by atoms with Gasteiger partial charge in [0.05, 0.1) is 6.21 Å². The normalized spacial score (nSPS) is 10.8. The van der Waals surface area contributed by atoms with Crippen LogP contribution in [-0.4, -0.2) is 16.2 Å². The van der Waals surface area contributed by atoms with Crippen molar-refractivity contribution in [3.8, 4) is 11.1 Å². The Hall–Kier alpha value is -3.08. The number of nitrogens with one attached hydrogen (secondary N) is 1. The van der Waals surface area contributed by atoms with E-state index < -0.39 is 0 Å². The summed E-state index contributed by atoms with van der Waals surface area (Å²) in [5, 5.41) is 3.99. The third kappa shape index (κ3) is 3.52. The van der Waals surface area contributed by atoms with E-state index in [0.29, 0.717) is 11.5 Å². The number of anilines is 1. The summed E-state index contributed by atoms with van der Waals surface area (Å²) in [6.45, 7) is 0. The molecule has 0 aliphatic rings. The molecule has 0 saturated heterocycles. The Morgan fingerprint density at radius 3 is 2.41 bits per heavy atom. The van der Waals surface area contributed by atoms with Crippen LogP contribution in [0.1, 0.15) is 5.56 Å². The minimum atomic E-state index is -0.299. The van der Waals surface area contributed by atoms with Crippen LogP contribution in [0.15, 0.2) is 72.1 Å². The van der Waals surface area contributed by atoms with Gasteiger partial charge in [-0.2, -0.15) is 5.10 Å². The SMILES string of the molecule is Fc1cccc(C=NNc2ncc(-c3ccccc3)cn2)c1. The highest BCUT2D eigenvalue weighted by Crippen LogP contribution is 2.17. The second-order valence-corrected chi connectivity index (χ2v) is 4.59. The zero-order valence-electron chi connectivity index (χ0n) is 11.6. The number of hydrogen-bond acceptors (Lipinski definition) is 4. The maximum Gasteiger partial charge on any atom is 0.243 e. The summed E-state index contributed by atoms with van der Waals surface area (Å²) in [5.41, 5.74) is 5.36. The van der Waals surface area contributed by atoms with Crippen molar-refractivity contribution >= 4 is 12.2 Å². The number of hydrogen-bond donors (Lipinski definition) is 1. The van der Waals surface area contributed by atoms with Gasteiger partial charge in [-0.25, -0.2) is 19.8 Å². The van der Waals surface area contributed by atoms with Crippen LogP contribution in [0.3, 0.4) is 0 Å². The van der Waals surface area contributed by atoms with Crippen LogP contribution in [-0.2, 0) is 0 Å². The third-order valence-electron chi connectivity index (χ3n) is 2.99. The first kappa shape index (κ1) is 13.9. The van der Waals surface area contributed by atoms with Crippen molar-refractivity contribution in [3.05, 3.63) is 78.4 Å². The van der Waals surface area contributed by atoms with E-state index in [2.05, 4.69) is 20.5 Å². The summed E-state index contributed by atoms with van der Waals surface area (Å²) >= 11 is 0. The second-order valence-electron chi connectivity index (χ2n) is 4.59. The molecule has 0 atom stereocenters. The van der Waals surface area contributed by atoms with E-state index in [4.69, 9.17) is 0 Å². The molecule has 0 amide bonds. The van der Waals surface area contributed by atoms with Gasteiger partial charge in [0, 0.05) is 18.0 Å². The Labute approximate surface area is 127 Å². The molecule has 3 rings (SSSR count). The first-order chi connectivity index (χ1) is 10.8. The number of nitrogens with zero attached hydrogens (tertiary/aromatic N) is 3. The summed E-state index contributed by atoms with van der Waals surface area (Å²) in [6, 6.07) is 16.0. The van der Waals surface area contributed by atoms with Gasteiger partial charge in [-0.3, -0.25) is 0 Å². The molecule has 5 heteroatoms. The molecule has 1 N–H and O–H groups in total. The molecule has 1 aromatic heterocycles. The Balaban J connectivity index is 1.67. The molecule has 0 spiro atoms. The van der Waals surface area contributed by atoms with Crippen molar-refractivity contribution in [3.63, 3.8) is 0 Å². The molecule has 0 radical (unpaired) electrons. The molecule has 0 bridgehead atoms. The van der Waals surface area contributed by atoms with Crippen molar-refractivity contribution in [1.29, 1.82) is 0 Å². The van der Waals surface area contributed by atoms with E-state index in [-0.39, 0.29) is 5.82 Å². The quantitative estimate of drug-likeness (QED) is 0.589. The van der Waals surface area contributed by atoms with Crippen molar-refractivity contribution in [2.24, 2.45) is 5.10 Å². The van der Waals surface area contributed by atoms with Crippen LogP contribution >= 0.6 is 0 Å². The van der Waals surface area contributed by atoms with E-state index in [1.54, 1.807) is 24.5 Å². The largest absolute Gasteiger partial charge is 0.245 e. The fourth-order valence-corrected chi connectivity index (χ4v) is 1.92. The molecular weight excluding hydrogens is 279 g/mol. The molecule has 2 aromatic carbocycles. The smallest absolute Gasteiger partial charge is 0.243 e. The van der Waals surface area contributed by atoms with Gasteiger partial charge in [-0.15, -0.1) is 0 Å². The van der Waals surface area contributed by atoms with Crippen molar-refractivity contribution < 1.29 is 4.39 Å². The second kappa shape index (κ2) is 6.58. The van der Waals surface area contributed by atoms with Gasteiger partial charge in [-0.1, -0.05) is 42.5 Å². The summed E-state index contributed by atoms with van der Waals surface area (Å²) < 4.78 is 13.0. The first-order valence-corrected chi connectivity index (χ1v) is 6.73. The van der Waals surface area contributed by atoms with Crippen LogP contribution < -0.4 is 5.43 Å². The average Bonchev–Trinajstić information content (AvgIpc) is 2.56. The Morgan fingerprint density at radius 2 is 1.68 bits per heavy atom. The van der Waals surface area contributed by atoms with Crippen molar-refractivity contribution in [1.82, 2.24) is 9.97 Å². The maximum atomic E-state index is 13.0. The Kier molecular flexibility index (Phi) is 4.15. The lowest BCUT2D eigenvalue weighted by Crippen LogP contribution is -1.96. The van der Waals surface area contributed by atoms with Crippen LogP contribution in [0.25, 0.3) is 11.1 Å². The van der Waals surface area contributed by atoms with E-state index >= 15 is 0 Å². The minimum absolute atomic E-state index is 0.299. The third-order valence-corrected chi connectivity index (χ3v) is 2.99. The molecule has 108 valence electrons. The molecule has 0 saturated carbocycles. The molecule has 1 heterocycles. The van der Waals surface area contributed by atoms with Gasteiger partial charge in [0.15, 0.2) is 0 Å². The molecule has 4 nitrogen and oxygen atoms in total. The van der Waals surface area contributed by atoms with Gasteiger partial charge in [0.25, 0.3) is 0 Å². The predicted molar refractivity (Wildman–Crippen MR) is 85.1 cm³/mol. The molecule has 22 heavy (non-hydrogen) atoms. The standard InChI is InChI=1S/C17H13FN4/c18-16-8-4-5-13(9-16)10-21-22-17-19-11-15(12-20-17)14-6-2-1-3-7-14/h1-12H,(H,19,20,22). The Bertz CT molecular complexity index is 770. The first-order valence-electron chi connectivity index (χ1n) is 6.73. The van der Waals surface area contributed by atoms with E-state index in [1.165, 1.54) is 18.3 Å². The fourth-order valence-electron chi connectivity index (χ4n) is 1.92. The van der Waals surface area contributed by atoms with Crippen LogP contribution in [0.5, 0.6) is 0 Å². The van der Waals surface area contributed by atoms with Crippen LogP contribution in [0, 0.1) is 5.82 Å².